The Morgan fingerprint density at radius 2 is 2.21 bits per heavy atom. The Hall–Kier alpha value is -0.770. The second kappa shape index (κ2) is 7.73. The van der Waals surface area contributed by atoms with Gasteiger partial charge in [-0.3, -0.25) is 0 Å². The molecule has 0 bridgehead atoms. The van der Waals surface area contributed by atoms with E-state index in [9.17, 15) is 5.11 Å². The minimum Gasteiger partial charge on any atom is -0.496 e. The highest BCUT2D eigenvalue weighted by Gasteiger charge is 2.30. The van der Waals surface area contributed by atoms with Gasteiger partial charge in [-0.05, 0) is 37.4 Å². The van der Waals surface area contributed by atoms with Crippen LogP contribution in [0.4, 0.5) is 0 Å². The summed E-state index contributed by atoms with van der Waals surface area (Å²) in [5, 5.41) is 13.3. The summed E-state index contributed by atoms with van der Waals surface area (Å²) in [6.45, 7) is 3.35. The molecule has 1 aliphatic rings. The summed E-state index contributed by atoms with van der Waals surface area (Å²) in [7, 11) is 1.70. The molecule has 0 heterocycles. The van der Waals surface area contributed by atoms with E-state index >= 15 is 0 Å². The minimum atomic E-state index is 0. The predicted octanol–water partition coefficient (Wildman–Crippen LogP) is 2.51. The van der Waals surface area contributed by atoms with E-state index in [1.54, 1.807) is 7.11 Å². The maximum Gasteiger partial charge on any atom is 0.122 e. The van der Waals surface area contributed by atoms with Crippen LogP contribution in [-0.2, 0) is 6.42 Å². The minimum absolute atomic E-state index is 0. The van der Waals surface area contributed by atoms with Crippen LogP contribution < -0.4 is 10.1 Å². The molecule has 0 spiro atoms. The molecule has 0 aliphatic heterocycles. The average Bonchev–Trinajstić information content (AvgIpc) is 2.43. The zero-order chi connectivity index (χ0) is 13.0. The maximum atomic E-state index is 9.73. The molecule has 0 amide bonds. The molecule has 2 rings (SSSR count). The highest BCUT2D eigenvalue weighted by molar-refractivity contribution is 5.85. The topological polar surface area (TPSA) is 41.5 Å². The largest absolute Gasteiger partial charge is 0.496 e. The lowest BCUT2D eigenvalue weighted by atomic mass is 9.79. The second-order valence-electron chi connectivity index (χ2n) is 4.92. The SMILES string of the molecule is CCCN[C@@H]1CCc2cccc(OC)c2[C@@H]1CO.Cl. The van der Waals surface area contributed by atoms with E-state index in [1.807, 2.05) is 12.1 Å². The fourth-order valence-electron chi connectivity index (χ4n) is 2.91. The summed E-state index contributed by atoms with van der Waals surface area (Å²) in [6, 6.07) is 6.53. The van der Waals surface area contributed by atoms with Crippen LogP contribution in [0.5, 0.6) is 5.75 Å². The molecular formula is C15H24ClNO2. The first-order chi connectivity index (χ1) is 8.81. The van der Waals surface area contributed by atoms with Crippen LogP contribution in [0.25, 0.3) is 0 Å². The van der Waals surface area contributed by atoms with E-state index < -0.39 is 0 Å². The molecule has 3 nitrogen and oxygen atoms in total. The van der Waals surface area contributed by atoms with E-state index in [0.717, 1.165) is 31.6 Å². The van der Waals surface area contributed by atoms with Gasteiger partial charge >= 0.3 is 0 Å². The predicted molar refractivity (Wildman–Crippen MR) is 80.5 cm³/mol. The van der Waals surface area contributed by atoms with Crippen molar-refractivity contribution < 1.29 is 9.84 Å². The normalized spacial score (nSPS) is 21.4. The molecule has 2 N–H and O–H groups in total. The van der Waals surface area contributed by atoms with Crippen LogP contribution >= 0.6 is 12.4 Å². The lowest BCUT2D eigenvalue weighted by molar-refractivity contribution is 0.220. The van der Waals surface area contributed by atoms with Crippen LogP contribution in [-0.4, -0.2) is 31.4 Å². The lowest BCUT2D eigenvalue weighted by Crippen LogP contribution is -2.40. The van der Waals surface area contributed by atoms with Crippen LogP contribution in [0.3, 0.4) is 0 Å². The van der Waals surface area contributed by atoms with Gasteiger partial charge in [0.25, 0.3) is 0 Å². The third-order valence-electron chi connectivity index (χ3n) is 3.81. The molecule has 0 unspecified atom stereocenters. The standard InChI is InChI=1S/C15H23NO2.ClH/c1-3-9-16-13-8-7-11-5-4-6-14(18-2)15(11)12(13)10-17;/h4-6,12-13,16-17H,3,7-10H2,1-2H3;1H/t12-,13-;/m1./s1. The third kappa shape index (κ3) is 3.41. The summed E-state index contributed by atoms with van der Waals surface area (Å²) in [5.74, 6) is 1.06. The molecule has 19 heavy (non-hydrogen) atoms. The fourth-order valence-corrected chi connectivity index (χ4v) is 2.91. The highest BCUT2D eigenvalue weighted by atomic mass is 35.5. The number of aliphatic hydroxyl groups is 1. The molecule has 0 radical (unpaired) electrons. The van der Waals surface area contributed by atoms with E-state index in [-0.39, 0.29) is 24.9 Å². The Bertz CT molecular complexity index is 383. The first kappa shape index (κ1) is 16.3. The maximum absolute atomic E-state index is 9.73. The molecule has 108 valence electrons. The number of halogens is 1. The zero-order valence-corrected chi connectivity index (χ0v) is 12.5. The Labute approximate surface area is 121 Å². The molecule has 1 aliphatic carbocycles. The van der Waals surface area contributed by atoms with Crippen molar-refractivity contribution in [1.29, 1.82) is 0 Å². The van der Waals surface area contributed by atoms with Gasteiger partial charge in [-0.25, -0.2) is 0 Å². The number of ether oxygens (including phenoxy) is 1. The number of hydrogen-bond acceptors (Lipinski definition) is 3. The highest BCUT2D eigenvalue weighted by Crippen LogP contribution is 2.37. The lowest BCUT2D eigenvalue weighted by Gasteiger charge is -2.34. The van der Waals surface area contributed by atoms with Crippen molar-refractivity contribution in [3.63, 3.8) is 0 Å². The van der Waals surface area contributed by atoms with Gasteiger partial charge in [-0.1, -0.05) is 19.1 Å². The smallest absolute Gasteiger partial charge is 0.122 e. The number of nitrogens with one attached hydrogen (secondary N) is 1. The van der Waals surface area contributed by atoms with Crippen molar-refractivity contribution in [2.75, 3.05) is 20.3 Å². The molecule has 0 fully saturated rings. The number of hydrogen-bond donors (Lipinski definition) is 2. The van der Waals surface area contributed by atoms with E-state index in [0.29, 0.717) is 6.04 Å². The number of aliphatic hydroxyl groups excluding tert-OH is 1. The van der Waals surface area contributed by atoms with Gasteiger partial charge in [0, 0.05) is 17.5 Å². The summed E-state index contributed by atoms with van der Waals surface area (Å²) in [4.78, 5) is 0. The summed E-state index contributed by atoms with van der Waals surface area (Å²) in [5.41, 5.74) is 2.52. The Kier molecular flexibility index (Phi) is 6.63. The average molecular weight is 286 g/mol. The zero-order valence-electron chi connectivity index (χ0n) is 11.7. The van der Waals surface area contributed by atoms with Crippen molar-refractivity contribution in [3.8, 4) is 5.75 Å². The van der Waals surface area contributed by atoms with Crippen molar-refractivity contribution in [2.45, 2.75) is 38.1 Å². The molecular weight excluding hydrogens is 262 g/mol. The first-order valence-electron chi connectivity index (χ1n) is 6.81. The number of rotatable bonds is 5. The van der Waals surface area contributed by atoms with E-state index in [1.165, 1.54) is 11.1 Å². The Morgan fingerprint density at radius 1 is 1.42 bits per heavy atom. The number of methoxy groups -OCH3 is 1. The molecule has 1 aromatic rings. The molecule has 4 heteroatoms. The van der Waals surface area contributed by atoms with Gasteiger partial charge in [-0.2, -0.15) is 0 Å². The Balaban J connectivity index is 0.00000180. The van der Waals surface area contributed by atoms with Crippen LogP contribution in [0.1, 0.15) is 36.8 Å². The molecule has 0 saturated carbocycles. The quantitative estimate of drug-likeness (QED) is 0.873. The molecule has 0 saturated heterocycles. The number of benzene rings is 1. The van der Waals surface area contributed by atoms with Gasteiger partial charge in [0.05, 0.1) is 13.7 Å². The van der Waals surface area contributed by atoms with Crippen LogP contribution in [0.15, 0.2) is 18.2 Å². The number of fused-ring (bicyclic) bond motifs is 1. The van der Waals surface area contributed by atoms with E-state index in [4.69, 9.17) is 4.74 Å². The van der Waals surface area contributed by atoms with Crippen molar-refractivity contribution in [3.05, 3.63) is 29.3 Å². The summed E-state index contributed by atoms with van der Waals surface area (Å²) in [6.07, 6.45) is 3.27. The first-order valence-corrected chi connectivity index (χ1v) is 6.81. The van der Waals surface area contributed by atoms with Gasteiger partial charge in [0.15, 0.2) is 0 Å². The van der Waals surface area contributed by atoms with Gasteiger partial charge in [0.2, 0.25) is 0 Å². The third-order valence-corrected chi connectivity index (χ3v) is 3.81. The fraction of sp³-hybridized carbons (Fsp3) is 0.600. The van der Waals surface area contributed by atoms with Gasteiger partial charge < -0.3 is 15.2 Å². The van der Waals surface area contributed by atoms with Crippen molar-refractivity contribution >= 4 is 12.4 Å². The molecule has 2 atom stereocenters. The molecule has 1 aromatic carbocycles. The summed E-state index contributed by atoms with van der Waals surface area (Å²) >= 11 is 0. The second-order valence-corrected chi connectivity index (χ2v) is 4.92. The molecule has 0 aromatic heterocycles. The van der Waals surface area contributed by atoms with Gasteiger partial charge in [-0.15, -0.1) is 12.4 Å². The monoisotopic (exact) mass is 285 g/mol. The van der Waals surface area contributed by atoms with Crippen LogP contribution in [0, 0.1) is 0 Å². The Morgan fingerprint density at radius 3 is 2.84 bits per heavy atom. The van der Waals surface area contributed by atoms with Gasteiger partial charge in [0.1, 0.15) is 5.75 Å². The summed E-state index contributed by atoms with van der Waals surface area (Å²) < 4.78 is 5.46. The van der Waals surface area contributed by atoms with Crippen LogP contribution in [0.2, 0.25) is 0 Å². The van der Waals surface area contributed by atoms with Crippen molar-refractivity contribution in [2.24, 2.45) is 0 Å². The van der Waals surface area contributed by atoms with Crippen molar-refractivity contribution in [1.82, 2.24) is 5.32 Å². The van der Waals surface area contributed by atoms with E-state index in [2.05, 4.69) is 18.3 Å². The number of aryl methyl sites for hydroxylation is 1.